The van der Waals surface area contributed by atoms with Crippen molar-refractivity contribution in [2.75, 3.05) is 48.4 Å². The smallest absolute Gasteiger partial charge is 0.323 e. The first kappa shape index (κ1) is 22.0. The molecule has 0 aliphatic carbocycles. The number of nitrogens with one attached hydrogen (secondary N) is 2. The number of nitrogens with zero attached hydrogens (tertiary/aromatic N) is 2. The van der Waals surface area contributed by atoms with Crippen LogP contribution >= 0.6 is 35.0 Å². The van der Waals surface area contributed by atoms with E-state index in [0.717, 1.165) is 10.6 Å². The van der Waals surface area contributed by atoms with Gasteiger partial charge in [0.2, 0.25) is 5.91 Å². The summed E-state index contributed by atoms with van der Waals surface area (Å²) in [6, 6.07) is 9.97. The van der Waals surface area contributed by atoms with Gasteiger partial charge in [0.05, 0.1) is 23.0 Å². The fourth-order valence-electron chi connectivity index (χ4n) is 3.37. The third kappa shape index (κ3) is 5.19. The molecule has 0 aromatic heterocycles. The molecule has 2 aliphatic rings. The molecule has 0 bridgehead atoms. The Morgan fingerprint density at radius 1 is 1.19 bits per heavy atom. The van der Waals surface area contributed by atoms with Gasteiger partial charge in [0.1, 0.15) is 12.1 Å². The van der Waals surface area contributed by atoms with Gasteiger partial charge in [0, 0.05) is 35.2 Å². The van der Waals surface area contributed by atoms with Crippen molar-refractivity contribution in [1.29, 1.82) is 0 Å². The summed E-state index contributed by atoms with van der Waals surface area (Å²) in [4.78, 5) is 29.0. The molecule has 0 saturated carbocycles. The van der Waals surface area contributed by atoms with Crippen LogP contribution in [0.4, 0.5) is 21.9 Å². The Kier molecular flexibility index (Phi) is 6.78. The zero-order valence-electron chi connectivity index (χ0n) is 16.4. The van der Waals surface area contributed by atoms with Crippen LogP contribution in [0.3, 0.4) is 0 Å². The van der Waals surface area contributed by atoms with Crippen molar-refractivity contribution < 1.29 is 14.3 Å². The van der Waals surface area contributed by atoms with Gasteiger partial charge in [-0.05, 0) is 36.4 Å². The van der Waals surface area contributed by atoms with E-state index in [1.165, 1.54) is 11.8 Å². The normalized spacial score (nSPS) is 18.2. The lowest BCUT2D eigenvalue weighted by Gasteiger charge is -2.31. The van der Waals surface area contributed by atoms with Crippen molar-refractivity contribution >= 4 is 64.0 Å². The molecule has 164 valence electrons. The summed E-state index contributed by atoms with van der Waals surface area (Å²) in [5.41, 5.74) is 7.97. The molecule has 1 saturated heterocycles. The van der Waals surface area contributed by atoms with E-state index < -0.39 is 6.03 Å². The van der Waals surface area contributed by atoms with Crippen molar-refractivity contribution in [3.05, 3.63) is 46.4 Å². The second-order valence-electron chi connectivity index (χ2n) is 7.02. The molecular weight excluding hydrogens is 461 g/mol. The molecule has 0 spiro atoms. The summed E-state index contributed by atoms with van der Waals surface area (Å²) in [5, 5.41) is 6.48. The Labute approximate surface area is 194 Å². The molecule has 1 unspecified atom stereocenters. The van der Waals surface area contributed by atoms with Gasteiger partial charge in [-0.15, -0.1) is 0 Å². The highest BCUT2D eigenvalue weighted by Crippen LogP contribution is 2.45. The number of carbonyl (C=O) groups is 2. The first-order chi connectivity index (χ1) is 14.9. The second-order valence-corrected chi connectivity index (χ2v) is 9.02. The topological polar surface area (TPSA) is 99.9 Å². The Balaban J connectivity index is 1.42. The van der Waals surface area contributed by atoms with E-state index >= 15 is 0 Å². The van der Waals surface area contributed by atoms with E-state index in [9.17, 15) is 9.59 Å². The van der Waals surface area contributed by atoms with Crippen LogP contribution in [-0.2, 0) is 9.53 Å². The number of hydrogen-bond acceptors (Lipinski definition) is 6. The Bertz CT molecular complexity index is 992. The molecular formula is C20H21Cl2N5O3S. The monoisotopic (exact) mass is 481 g/mol. The first-order valence-corrected chi connectivity index (χ1v) is 11.3. The molecule has 1 atom stereocenters. The van der Waals surface area contributed by atoms with Crippen molar-refractivity contribution in [3.8, 4) is 0 Å². The molecule has 2 aliphatic heterocycles. The zero-order chi connectivity index (χ0) is 22.0. The van der Waals surface area contributed by atoms with Crippen molar-refractivity contribution in [3.63, 3.8) is 0 Å². The quantitative estimate of drug-likeness (QED) is 0.602. The second kappa shape index (κ2) is 9.54. The lowest BCUT2D eigenvalue weighted by molar-refractivity contribution is -0.142. The SMILES string of the molecule is NC1Sc2cc(NC(=O)Nc3ccc(Cl)cc3)c(Cl)cc2N1CCN1CCOCC1=O. The van der Waals surface area contributed by atoms with Gasteiger partial charge in [-0.25, -0.2) is 4.79 Å². The van der Waals surface area contributed by atoms with Crippen LogP contribution < -0.4 is 21.3 Å². The Morgan fingerprint density at radius 3 is 2.71 bits per heavy atom. The molecule has 3 amide bonds. The largest absolute Gasteiger partial charge is 0.370 e. The summed E-state index contributed by atoms with van der Waals surface area (Å²) >= 11 is 13.8. The first-order valence-electron chi connectivity index (χ1n) is 9.62. The van der Waals surface area contributed by atoms with Gasteiger partial charge in [-0.1, -0.05) is 35.0 Å². The lowest BCUT2D eigenvalue weighted by atomic mass is 10.2. The number of nitrogens with two attached hydrogens (primary N) is 1. The number of carbonyl (C=O) groups excluding carboxylic acids is 2. The number of hydrogen-bond donors (Lipinski definition) is 3. The van der Waals surface area contributed by atoms with E-state index in [2.05, 4.69) is 10.6 Å². The standard InChI is InChI=1S/C20H21Cl2N5O3S/c21-12-1-3-13(4-2-12)24-20(29)25-15-10-17-16(9-14(15)22)27(19(23)31-17)6-5-26-7-8-30-11-18(26)28/h1-4,9-10,19H,5-8,11,23H2,(H2,24,25,29). The third-order valence-electron chi connectivity index (χ3n) is 4.96. The number of anilines is 3. The number of ether oxygens (including phenoxy) is 1. The summed E-state index contributed by atoms with van der Waals surface area (Å²) in [6.45, 7) is 2.37. The third-order valence-corrected chi connectivity index (χ3v) is 6.60. The molecule has 2 aromatic carbocycles. The number of urea groups is 1. The Hall–Kier alpha value is -2.17. The van der Waals surface area contributed by atoms with Gasteiger partial charge in [-0.3, -0.25) is 4.79 Å². The van der Waals surface area contributed by atoms with Crippen LogP contribution in [-0.4, -0.2) is 55.2 Å². The number of morpholine rings is 1. The molecule has 2 aromatic rings. The number of thioether (sulfide) groups is 1. The van der Waals surface area contributed by atoms with Crippen LogP contribution in [0.5, 0.6) is 0 Å². The van der Waals surface area contributed by atoms with E-state index in [1.807, 2.05) is 11.0 Å². The molecule has 2 heterocycles. The number of rotatable bonds is 5. The summed E-state index contributed by atoms with van der Waals surface area (Å²) < 4.78 is 5.17. The number of halogens is 2. The molecule has 0 radical (unpaired) electrons. The maximum atomic E-state index is 12.4. The Morgan fingerprint density at radius 2 is 1.97 bits per heavy atom. The fourth-order valence-corrected chi connectivity index (χ4v) is 4.79. The molecule has 8 nitrogen and oxygen atoms in total. The zero-order valence-corrected chi connectivity index (χ0v) is 18.8. The number of amides is 3. The highest BCUT2D eigenvalue weighted by Gasteiger charge is 2.30. The molecule has 1 fully saturated rings. The maximum absolute atomic E-state index is 12.4. The molecule has 31 heavy (non-hydrogen) atoms. The van der Waals surface area contributed by atoms with Gasteiger partial charge < -0.3 is 30.9 Å². The van der Waals surface area contributed by atoms with Crippen LogP contribution in [0.25, 0.3) is 0 Å². The fraction of sp³-hybridized carbons (Fsp3) is 0.300. The average molecular weight is 482 g/mol. The average Bonchev–Trinajstić information content (AvgIpc) is 3.03. The minimum atomic E-state index is -0.417. The minimum absolute atomic E-state index is 0.0174. The number of fused-ring (bicyclic) bond motifs is 1. The van der Waals surface area contributed by atoms with Gasteiger partial charge in [0.15, 0.2) is 0 Å². The van der Waals surface area contributed by atoms with Gasteiger partial charge in [-0.2, -0.15) is 0 Å². The summed E-state index contributed by atoms with van der Waals surface area (Å²) in [7, 11) is 0. The highest BCUT2D eigenvalue weighted by molar-refractivity contribution is 8.00. The predicted octanol–water partition coefficient (Wildman–Crippen LogP) is 3.65. The van der Waals surface area contributed by atoms with Crippen molar-refractivity contribution in [2.45, 2.75) is 10.4 Å². The minimum Gasteiger partial charge on any atom is -0.370 e. The molecule has 4 rings (SSSR count). The van der Waals surface area contributed by atoms with Crippen LogP contribution in [0.2, 0.25) is 10.0 Å². The van der Waals surface area contributed by atoms with E-state index in [4.69, 9.17) is 33.7 Å². The summed E-state index contributed by atoms with van der Waals surface area (Å²) in [6.07, 6.45) is 0. The van der Waals surface area contributed by atoms with Gasteiger partial charge in [0.25, 0.3) is 0 Å². The molecule has 4 N–H and O–H groups in total. The van der Waals surface area contributed by atoms with Crippen LogP contribution in [0, 0.1) is 0 Å². The van der Waals surface area contributed by atoms with Crippen molar-refractivity contribution in [2.24, 2.45) is 5.73 Å². The van der Waals surface area contributed by atoms with E-state index in [1.54, 1.807) is 35.2 Å². The maximum Gasteiger partial charge on any atom is 0.323 e. The molecule has 11 heteroatoms. The van der Waals surface area contributed by atoms with Crippen molar-refractivity contribution in [1.82, 2.24) is 4.90 Å². The predicted molar refractivity (Wildman–Crippen MR) is 124 cm³/mol. The van der Waals surface area contributed by atoms with E-state index in [0.29, 0.717) is 47.7 Å². The van der Waals surface area contributed by atoms with E-state index in [-0.39, 0.29) is 18.0 Å². The lowest BCUT2D eigenvalue weighted by Crippen LogP contribution is -2.47. The van der Waals surface area contributed by atoms with Crippen LogP contribution in [0.15, 0.2) is 41.3 Å². The van der Waals surface area contributed by atoms with Gasteiger partial charge >= 0.3 is 6.03 Å². The number of benzene rings is 2. The summed E-state index contributed by atoms with van der Waals surface area (Å²) in [5.74, 6) is -0.0174. The van der Waals surface area contributed by atoms with Crippen LogP contribution in [0.1, 0.15) is 0 Å². The highest BCUT2D eigenvalue weighted by atomic mass is 35.5.